The molecule has 0 radical (unpaired) electrons. The van der Waals surface area contributed by atoms with Crippen LogP contribution in [0.2, 0.25) is 0 Å². The zero-order valence-corrected chi connectivity index (χ0v) is 5.23. The highest BCUT2D eigenvalue weighted by atomic mass is 15.0. The molecule has 0 spiro atoms. The van der Waals surface area contributed by atoms with Gasteiger partial charge in [0.1, 0.15) is 6.04 Å². The molecule has 2 N–H and O–H groups in total. The molecule has 46 valence electrons. The molecule has 0 aromatic heterocycles. The first-order valence-electron chi connectivity index (χ1n) is 2.66. The Morgan fingerprint density at radius 2 is 2.25 bits per heavy atom. The summed E-state index contributed by atoms with van der Waals surface area (Å²) in [5.74, 6) is 0. The van der Waals surface area contributed by atoms with Gasteiger partial charge in [0, 0.05) is 5.71 Å². The van der Waals surface area contributed by atoms with Gasteiger partial charge in [-0.05, 0) is 13.3 Å². The molecule has 0 aliphatic heterocycles. The Labute approximate surface area is 49.1 Å². The smallest absolute Gasteiger partial charge is 0.105 e. The molecule has 0 amide bonds. The first-order valence-corrected chi connectivity index (χ1v) is 2.66. The molecular formula is C5H11N3. The van der Waals surface area contributed by atoms with Crippen LogP contribution in [0.4, 0.5) is 0 Å². The normalized spacial score (nSPS) is 12.8. The van der Waals surface area contributed by atoms with E-state index in [0.29, 0.717) is 12.1 Å². The maximum absolute atomic E-state index is 7.13. The van der Waals surface area contributed by atoms with Crippen molar-refractivity contribution in [3.05, 3.63) is 0 Å². The first-order chi connectivity index (χ1) is 3.72. The lowest BCUT2D eigenvalue weighted by Gasteiger charge is -2.00. The number of nitrogens with one attached hydrogen (secondary N) is 2. The van der Waals surface area contributed by atoms with Gasteiger partial charge in [-0.15, -0.1) is 0 Å². The quantitative estimate of drug-likeness (QED) is 0.414. The maximum Gasteiger partial charge on any atom is 0.105 e. The van der Waals surface area contributed by atoms with E-state index in [-0.39, 0.29) is 6.04 Å². The zero-order valence-electron chi connectivity index (χ0n) is 5.23. The molecule has 0 aromatic rings. The molecule has 0 rings (SSSR count). The monoisotopic (exact) mass is 113 g/mol. The minimum Gasteiger partial charge on any atom is -0.307 e. The molecule has 0 heterocycles. The second kappa shape index (κ2) is 3.29. The lowest BCUT2D eigenvalue weighted by molar-refractivity contribution is 0.827. The third-order valence-corrected chi connectivity index (χ3v) is 1.08. The molecule has 1 atom stereocenters. The van der Waals surface area contributed by atoms with Crippen molar-refractivity contribution in [2.45, 2.75) is 26.3 Å². The van der Waals surface area contributed by atoms with E-state index in [9.17, 15) is 0 Å². The second-order valence-electron chi connectivity index (χ2n) is 1.68. The SMILES string of the molecule is CCC(=N)C(C)N=N. The maximum atomic E-state index is 7.13. The van der Waals surface area contributed by atoms with Crippen molar-refractivity contribution in [1.29, 1.82) is 10.9 Å². The molecule has 3 nitrogen and oxygen atoms in total. The topological polar surface area (TPSA) is 60.1 Å². The Kier molecular flexibility index (Phi) is 2.99. The highest BCUT2D eigenvalue weighted by Gasteiger charge is 2.01. The summed E-state index contributed by atoms with van der Waals surface area (Å²) in [5, 5.41) is 10.3. The number of nitrogens with zero attached hydrogens (tertiary/aromatic N) is 1. The van der Waals surface area contributed by atoms with Crippen LogP contribution in [0.5, 0.6) is 0 Å². The van der Waals surface area contributed by atoms with E-state index in [1.807, 2.05) is 6.92 Å². The van der Waals surface area contributed by atoms with Crippen molar-refractivity contribution < 1.29 is 0 Å². The molecule has 3 heteroatoms. The van der Waals surface area contributed by atoms with E-state index in [0.717, 1.165) is 0 Å². The molecule has 0 bridgehead atoms. The fraction of sp³-hybridized carbons (Fsp3) is 0.800. The van der Waals surface area contributed by atoms with E-state index in [2.05, 4.69) is 5.11 Å². The van der Waals surface area contributed by atoms with Gasteiger partial charge in [-0.2, -0.15) is 5.11 Å². The number of rotatable bonds is 3. The second-order valence-corrected chi connectivity index (χ2v) is 1.68. The van der Waals surface area contributed by atoms with Crippen LogP contribution < -0.4 is 0 Å². The predicted octanol–water partition coefficient (Wildman–Crippen LogP) is 1.84. The molecule has 0 saturated heterocycles. The highest BCUT2D eigenvalue weighted by Crippen LogP contribution is 1.93. The summed E-state index contributed by atoms with van der Waals surface area (Å²) in [4.78, 5) is 0. The van der Waals surface area contributed by atoms with Gasteiger partial charge in [-0.1, -0.05) is 6.92 Å². The van der Waals surface area contributed by atoms with Crippen molar-refractivity contribution in [1.82, 2.24) is 0 Å². The highest BCUT2D eigenvalue weighted by molar-refractivity contribution is 5.85. The van der Waals surface area contributed by atoms with Crippen LogP contribution in [0.1, 0.15) is 20.3 Å². The van der Waals surface area contributed by atoms with Gasteiger partial charge in [0.15, 0.2) is 0 Å². The fourth-order valence-corrected chi connectivity index (χ4v) is 0.373. The van der Waals surface area contributed by atoms with E-state index >= 15 is 0 Å². The fourth-order valence-electron chi connectivity index (χ4n) is 0.373. The van der Waals surface area contributed by atoms with E-state index in [4.69, 9.17) is 10.9 Å². The largest absolute Gasteiger partial charge is 0.307 e. The lowest BCUT2D eigenvalue weighted by atomic mass is 10.2. The van der Waals surface area contributed by atoms with Crippen LogP contribution in [0, 0.1) is 10.9 Å². The summed E-state index contributed by atoms with van der Waals surface area (Å²) in [6, 6.07) is -0.208. The summed E-state index contributed by atoms with van der Waals surface area (Å²) in [7, 11) is 0. The lowest BCUT2D eigenvalue weighted by Crippen LogP contribution is -2.10. The number of hydrogen-bond donors (Lipinski definition) is 2. The van der Waals surface area contributed by atoms with Crippen molar-refractivity contribution in [2.75, 3.05) is 0 Å². The molecule has 0 saturated carbocycles. The summed E-state index contributed by atoms with van der Waals surface area (Å²) in [5.41, 5.74) is 7.05. The standard InChI is InChI=1S/C5H11N3/c1-3-5(6)4(2)8-7/h4,6-7H,3H2,1-2H3. The van der Waals surface area contributed by atoms with Gasteiger partial charge in [-0.25, -0.2) is 5.53 Å². The minimum atomic E-state index is -0.208. The van der Waals surface area contributed by atoms with Crippen LogP contribution in [0.15, 0.2) is 5.11 Å². The molecule has 1 unspecified atom stereocenters. The van der Waals surface area contributed by atoms with Gasteiger partial charge >= 0.3 is 0 Å². The zero-order chi connectivity index (χ0) is 6.57. The third kappa shape index (κ3) is 1.82. The van der Waals surface area contributed by atoms with Crippen LogP contribution in [0.25, 0.3) is 0 Å². The van der Waals surface area contributed by atoms with Gasteiger partial charge in [-0.3, -0.25) is 0 Å². The Morgan fingerprint density at radius 1 is 1.75 bits per heavy atom. The van der Waals surface area contributed by atoms with Crippen molar-refractivity contribution in [2.24, 2.45) is 5.11 Å². The third-order valence-electron chi connectivity index (χ3n) is 1.08. The first kappa shape index (κ1) is 7.27. The van der Waals surface area contributed by atoms with E-state index < -0.39 is 0 Å². The van der Waals surface area contributed by atoms with E-state index in [1.165, 1.54) is 0 Å². The summed E-state index contributed by atoms with van der Waals surface area (Å²) < 4.78 is 0. The van der Waals surface area contributed by atoms with Crippen molar-refractivity contribution >= 4 is 5.71 Å². The van der Waals surface area contributed by atoms with Gasteiger partial charge < -0.3 is 5.41 Å². The summed E-state index contributed by atoms with van der Waals surface area (Å²) >= 11 is 0. The molecule has 0 aliphatic rings. The average molecular weight is 113 g/mol. The summed E-state index contributed by atoms with van der Waals surface area (Å²) in [6.45, 7) is 3.64. The van der Waals surface area contributed by atoms with Crippen LogP contribution in [-0.2, 0) is 0 Å². The molecule has 0 aromatic carbocycles. The average Bonchev–Trinajstić information content (AvgIpc) is 1.84. The molecule has 0 fully saturated rings. The predicted molar refractivity (Wildman–Crippen MR) is 32.6 cm³/mol. The molecule has 0 aliphatic carbocycles. The van der Waals surface area contributed by atoms with Crippen molar-refractivity contribution in [3.63, 3.8) is 0 Å². The minimum absolute atomic E-state index is 0.208. The summed E-state index contributed by atoms with van der Waals surface area (Å²) in [6.07, 6.45) is 0.698. The Bertz CT molecular complexity index is 97.8. The molecular weight excluding hydrogens is 102 g/mol. The Morgan fingerprint density at radius 3 is 2.38 bits per heavy atom. The van der Waals surface area contributed by atoms with Gasteiger partial charge in [0.2, 0.25) is 0 Å². The van der Waals surface area contributed by atoms with Gasteiger partial charge in [0.05, 0.1) is 0 Å². The number of hydrogen-bond acceptors (Lipinski definition) is 3. The van der Waals surface area contributed by atoms with Crippen LogP contribution >= 0.6 is 0 Å². The van der Waals surface area contributed by atoms with Crippen LogP contribution in [0.3, 0.4) is 0 Å². The van der Waals surface area contributed by atoms with Crippen LogP contribution in [-0.4, -0.2) is 11.8 Å². The van der Waals surface area contributed by atoms with Gasteiger partial charge in [0.25, 0.3) is 0 Å². The van der Waals surface area contributed by atoms with Crippen molar-refractivity contribution in [3.8, 4) is 0 Å². The van der Waals surface area contributed by atoms with E-state index in [1.54, 1.807) is 6.92 Å². The Hall–Kier alpha value is -0.730. The Balaban J connectivity index is 3.62. The molecule has 8 heavy (non-hydrogen) atoms.